The van der Waals surface area contributed by atoms with Crippen molar-refractivity contribution in [2.24, 2.45) is 7.05 Å². The lowest BCUT2D eigenvalue weighted by molar-refractivity contribution is 0.697. The molecule has 0 aromatic carbocycles. The van der Waals surface area contributed by atoms with Crippen molar-refractivity contribution in [2.45, 2.75) is 6.92 Å². The maximum Gasteiger partial charge on any atom is 0.150 e. The highest BCUT2D eigenvalue weighted by Gasteiger charge is 1.88. The van der Waals surface area contributed by atoms with Crippen LogP contribution in [0.15, 0.2) is 6.07 Å². The van der Waals surface area contributed by atoms with Crippen LogP contribution in [0.3, 0.4) is 0 Å². The fourth-order valence-corrected chi connectivity index (χ4v) is 1.01. The van der Waals surface area contributed by atoms with E-state index >= 15 is 0 Å². The SMILES string of the molecule is Cc1cc(=S=O)[nH]n1C. The van der Waals surface area contributed by atoms with Crippen LogP contribution in [0.25, 0.3) is 0 Å². The lowest BCUT2D eigenvalue weighted by Crippen LogP contribution is -1.91. The molecule has 4 heteroatoms. The molecule has 0 aliphatic rings. The third-order valence-electron chi connectivity index (χ3n) is 1.24. The summed E-state index contributed by atoms with van der Waals surface area (Å²) in [6, 6.07) is 1.82. The summed E-state index contributed by atoms with van der Waals surface area (Å²) in [6.07, 6.45) is 0. The zero-order chi connectivity index (χ0) is 6.85. The quantitative estimate of drug-likeness (QED) is 0.526. The Morgan fingerprint density at radius 2 is 2.44 bits per heavy atom. The normalized spacial score (nSPS) is 9.56. The first-order chi connectivity index (χ1) is 4.24. The van der Waals surface area contributed by atoms with Crippen molar-refractivity contribution < 1.29 is 4.21 Å². The van der Waals surface area contributed by atoms with Crippen LogP contribution in [0, 0.1) is 11.6 Å². The van der Waals surface area contributed by atoms with Gasteiger partial charge in [-0.25, -0.2) is 4.21 Å². The molecule has 1 aromatic heterocycles. The fourth-order valence-electron chi connectivity index (χ4n) is 0.615. The van der Waals surface area contributed by atoms with E-state index in [-0.39, 0.29) is 0 Å². The van der Waals surface area contributed by atoms with Gasteiger partial charge in [0.1, 0.15) is 15.9 Å². The van der Waals surface area contributed by atoms with E-state index in [0.29, 0.717) is 15.9 Å². The van der Waals surface area contributed by atoms with E-state index in [1.807, 2.05) is 20.0 Å². The number of nitrogens with zero attached hydrogens (tertiary/aromatic N) is 1. The molecule has 0 saturated heterocycles. The molecular formula is C5H8N2OS. The molecule has 0 saturated carbocycles. The van der Waals surface area contributed by atoms with Gasteiger partial charge in [-0.3, -0.25) is 9.78 Å². The van der Waals surface area contributed by atoms with E-state index in [1.165, 1.54) is 0 Å². The van der Waals surface area contributed by atoms with Crippen molar-refractivity contribution in [1.82, 2.24) is 9.78 Å². The van der Waals surface area contributed by atoms with Gasteiger partial charge in [0.25, 0.3) is 0 Å². The third-order valence-corrected chi connectivity index (χ3v) is 1.63. The van der Waals surface area contributed by atoms with Gasteiger partial charge < -0.3 is 0 Å². The van der Waals surface area contributed by atoms with Crippen LogP contribution in [-0.2, 0) is 18.3 Å². The number of aromatic amines is 1. The van der Waals surface area contributed by atoms with Gasteiger partial charge in [0.2, 0.25) is 0 Å². The summed E-state index contributed by atoms with van der Waals surface area (Å²) in [6.45, 7) is 1.94. The second-order valence-corrected chi connectivity index (χ2v) is 2.51. The van der Waals surface area contributed by atoms with Crippen LogP contribution in [-0.4, -0.2) is 14.0 Å². The summed E-state index contributed by atoms with van der Waals surface area (Å²) in [5.41, 5.74) is 1.06. The molecule has 1 rings (SSSR count). The van der Waals surface area contributed by atoms with E-state index in [4.69, 9.17) is 0 Å². The fraction of sp³-hybridized carbons (Fsp3) is 0.400. The summed E-state index contributed by atoms with van der Waals surface area (Å²) in [5.74, 6) is 0. The highest BCUT2D eigenvalue weighted by atomic mass is 32.1. The van der Waals surface area contributed by atoms with Crippen molar-refractivity contribution in [3.05, 3.63) is 16.4 Å². The number of rotatable bonds is 0. The predicted octanol–water partition coefficient (Wildman–Crippen LogP) is 0.407. The van der Waals surface area contributed by atoms with Crippen molar-refractivity contribution in [2.75, 3.05) is 0 Å². The first-order valence-electron chi connectivity index (χ1n) is 2.59. The molecule has 0 atom stereocenters. The maximum atomic E-state index is 10.2. The van der Waals surface area contributed by atoms with E-state index in [1.54, 1.807) is 4.68 Å². The minimum absolute atomic E-state index is 0.477. The Kier molecular flexibility index (Phi) is 1.57. The van der Waals surface area contributed by atoms with E-state index in [9.17, 15) is 4.21 Å². The molecule has 0 aliphatic heterocycles. The van der Waals surface area contributed by atoms with Crippen molar-refractivity contribution in [3.8, 4) is 0 Å². The molecule has 1 heterocycles. The largest absolute Gasteiger partial charge is 0.294 e. The van der Waals surface area contributed by atoms with Gasteiger partial charge in [0.15, 0.2) is 0 Å². The molecule has 0 aliphatic carbocycles. The van der Waals surface area contributed by atoms with Crippen molar-refractivity contribution in [3.63, 3.8) is 0 Å². The predicted molar refractivity (Wildman–Crippen MR) is 35.9 cm³/mol. The molecule has 9 heavy (non-hydrogen) atoms. The zero-order valence-corrected chi connectivity index (χ0v) is 6.16. The van der Waals surface area contributed by atoms with Gasteiger partial charge in [-0.05, 0) is 13.0 Å². The number of aryl methyl sites for hydroxylation is 2. The van der Waals surface area contributed by atoms with Gasteiger partial charge in [0, 0.05) is 12.7 Å². The summed E-state index contributed by atoms with van der Waals surface area (Å²) in [5, 5.41) is 2.86. The lowest BCUT2D eigenvalue weighted by atomic mass is 10.5. The Labute approximate surface area is 56.4 Å². The number of nitrogens with one attached hydrogen (secondary N) is 1. The third kappa shape index (κ3) is 1.13. The second kappa shape index (κ2) is 2.23. The number of hydrogen-bond donors (Lipinski definition) is 1. The van der Waals surface area contributed by atoms with Gasteiger partial charge in [-0.2, -0.15) is 0 Å². The van der Waals surface area contributed by atoms with Crippen molar-refractivity contribution >= 4 is 11.3 Å². The first-order valence-corrected chi connectivity index (χ1v) is 3.33. The summed E-state index contributed by atoms with van der Waals surface area (Å²) < 4.78 is 12.6. The molecule has 1 N–H and O–H groups in total. The van der Waals surface area contributed by atoms with Gasteiger partial charge in [-0.1, -0.05) is 0 Å². The number of hydrogen-bond acceptors (Lipinski definition) is 1. The van der Waals surface area contributed by atoms with Gasteiger partial charge in [0.05, 0.1) is 0 Å². The van der Waals surface area contributed by atoms with Crippen LogP contribution >= 0.6 is 0 Å². The molecule has 0 amide bonds. The average Bonchev–Trinajstić information content (AvgIpc) is 2.13. The Hall–Kier alpha value is -0.770. The number of aromatic nitrogens is 2. The molecule has 3 nitrogen and oxygen atoms in total. The molecule has 0 unspecified atom stereocenters. The lowest BCUT2D eigenvalue weighted by Gasteiger charge is -1.89. The summed E-state index contributed by atoms with van der Waals surface area (Å²) in [4.78, 5) is 0. The molecule has 0 bridgehead atoms. The smallest absolute Gasteiger partial charge is 0.150 e. The molecule has 0 spiro atoms. The Morgan fingerprint density at radius 1 is 1.78 bits per heavy atom. The minimum Gasteiger partial charge on any atom is -0.294 e. The van der Waals surface area contributed by atoms with Crippen LogP contribution in [0.5, 0.6) is 0 Å². The minimum atomic E-state index is 0.477. The monoisotopic (exact) mass is 144 g/mol. The Morgan fingerprint density at radius 3 is 2.67 bits per heavy atom. The first kappa shape index (κ1) is 6.35. The number of H-pyrrole nitrogens is 1. The van der Waals surface area contributed by atoms with Crippen LogP contribution < -0.4 is 0 Å². The summed E-state index contributed by atoms with van der Waals surface area (Å²) in [7, 11) is 1.87. The van der Waals surface area contributed by atoms with Gasteiger partial charge >= 0.3 is 0 Å². The zero-order valence-electron chi connectivity index (χ0n) is 5.34. The molecule has 0 fully saturated rings. The Balaban J connectivity index is 3.46. The highest BCUT2D eigenvalue weighted by molar-refractivity contribution is 7.56. The second-order valence-electron chi connectivity index (χ2n) is 1.90. The standard InChI is InChI=1S/C5H8N2OS/c1-4-3-5(9-8)6-7(4)2/h3,6H,1-2H3. The van der Waals surface area contributed by atoms with Crippen LogP contribution in [0.2, 0.25) is 0 Å². The van der Waals surface area contributed by atoms with E-state index < -0.39 is 0 Å². The average molecular weight is 144 g/mol. The van der Waals surface area contributed by atoms with Crippen LogP contribution in [0.4, 0.5) is 0 Å². The van der Waals surface area contributed by atoms with Crippen LogP contribution in [0.1, 0.15) is 5.69 Å². The highest BCUT2D eigenvalue weighted by Crippen LogP contribution is 1.91. The molecule has 50 valence electrons. The molecule has 0 radical (unpaired) electrons. The topological polar surface area (TPSA) is 37.8 Å². The molecule has 1 aromatic rings. The van der Waals surface area contributed by atoms with E-state index in [0.717, 1.165) is 5.69 Å². The summed E-state index contributed by atoms with van der Waals surface area (Å²) >= 11 is 0.477. The van der Waals surface area contributed by atoms with Crippen molar-refractivity contribution in [1.29, 1.82) is 0 Å². The molecular weight excluding hydrogens is 136 g/mol. The maximum absolute atomic E-state index is 10.2. The Bertz CT molecular complexity index is 270. The van der Waals surface area contributed by atoms with Gasteiger partial charge in [-0.15, -0.1) is 0 Å². The van der Waals surface area contributed by atoms with E-state index in [2.05, 4.69) is 5.10 Å².